The Morgan fingerprint density at radius 3 is 2.43 bits per heavy atom. The van der Waals surface area contributed by atoms with Crippen LogP contribution in [0.1, 0.15) is 11.6 Å². The number of alkyl halides is 3. The molecule has 0 saturated carbocycles. The molecule has 0 aliphatic carbocycles. The van der Waals surface area contributed by atoms with Gasteiger partial charge >= 0.3 is 6.18 Å². The zero-order valence-corrected chi connectivity index (χ0v) is 6.93. The number of anilines is 1. The van der Waals surface area contributed by atoms with Crippen LogP contribution in [0.3, 0.4) is 0 Å². The quantitative estimate of drug-likeness (QED) is 0.627. The summed E-state index contributed by atoms with van der Waals surface area (Å²) in [5.74, 6) is 0. The van der Waals surface area contributed by atoms with Crippen LogP contribution in [0, 0.1) is 0 Å². The summed E-state index contributed by atoms with van der Waals surface area (Å²) in [6, 6.07) is -2.31. The first-order valence-corrected chi connectivity index (χ1v) is 3.63. The number of aromatic nitrogens is 1. The Morgan fingerprint density at radius 1 is 1.36 bits per heavy atom. The molecule has 4 nitrogen and oxygen atoms in total. The summed E-state index contributed by atoms with van der Waals surface area (Å²) < 4.78 is 36.4. The van der Waals surface area contributed by atoms with E-state index in [2.05, 4.69) is 4.98 Å². The fourth-order valence-electron chi connectivity index (χ4n) is 0.926. The number of hydrogen-bond acceptors (Lipinski definition) is 3. The highest BCUT2D eigenvalue weighted by Crippen LogP contribution is 2.28. The molecule has 0 bridgehead atoms. The Kier molecular flexibility index (Phi) is 2.52. The van der Waals surface area contributed by atoms with Crippen molar-refractivity contribution in [3.63, 3.8) is 0 Å². The van der Waals surface area contributed by atoms with Crippen molar-refractivity contribution < 1.29 is 13.2 Å². The Hall–Kier alpha value is -1.50. The molecule has 0 aliphatic heterocycles. The predicted molar refractivity (Wildman–Crippen MR) is 44.5 cm³/mol. The first kappa shape index (κ1) is 10.6. The highest BCUT2D eigenvalue weighted by atomic mass is 19.4. The largest absolute Gasteiger partial charge is 0.407 e. The van der Waals surface area contributed by atoms with Gasteiger partial charge in [0.2, 0.25) is 5.43 Å². The highest BCUT2D eigenvalue weighted by Gasteiger charge is 2.39. The summed E-state index contributed by atoms with van der Waals surface area (Å²) in [6.45, 7) is 0. The SMILES string of the molecule is Nc1c[nH]cc([C@H](N)C(F)(F)F)c1=O. The van der Waals surface area contributed by atoms with E-state index in [-0.39, 0.29) is 5.69 Å². The summed E-state index contributed by atoms with van der Waals surface area (Å²) in [4.78, 5) is 13.4. The normalized spacial score (nSPS) is 14.0. The molecule has 1 rings (SSSR count). The number of halogens is 3. The van der Waals surface area contributed by atoms with Gasteiger partial charge in [0.1, 0.15) is 6.04 Å². The number of nitrogen functional groups attached to an aromatic ring is 1. The van der Waals surface area contributed by atoms with E-state index in [1.165, 1.54) is 0 Å². The summed E-state index contributed by atoms with van der Waals surface area (Å²) in [7, 11) is 0. The number of nitrogens with one attached hydrogen (secondary N) is 1. The van der Waals surface area contributed by atoms with Crippen molar-refractivity contribution >= 4 is 5.69 Å². The van der Waals surface area contributed by atoms with E-state index in [1.807, 2.05) is 0 Å². The molecule has 1 atom stereocenters. The summed E-state index contributed by atoms with van der Waals surface area (Å²) in [5.41, 5.74) is 8.21. The van der Waals surface area contributed by atoms with Crippen LogP contribution in [0.15, 0.2) is 17.2 Å². The number of aromatic amines is 1. The van der Waals surface area contributed by atoms with Gasteiger partial charge in [-0.25, -0.2) is 0 Å². The van der Waals surface area contributed by atoms with E-state index >= 15 is 0 Å². The van der Waals surface area contributed by atoms with Crippen molar-refractivity contribution in [3.05, 3.63) is 28.2 Å². The average Bonchev–Trinajstić information content (AvgIpc) is 2.07. The van der Waals surface area contributed by atoms with E-state index < -0.39 is 23.2 Å². The van der Waals surface area contributed by atoms with E-state index in [0.717, 1.165) is 12.4 Å². The van der Waals surface area contributed by atoms with Gasteiger partial charge in [0.15, 0.2) is 0 Å². The fraction of sp³-hybridized carbons (Fsp3) is 0.286. The third-order valence-corrected chi connectivity index (χ3v) is 1.69. The Bertz CT molecular complexity index is 385. The van der Waals surface area contributed by atoms with Crippen molar-refractivity contribution in [1.29, 1.82) is 0 Å². The average molecular weight is 207 g/mol. The second-order valence-electron chi connectivity index (χ2n) is 2.71. The molecule has 0 radical (unpaired) electrons. The maximum atomic E-state index is 12.1. The van der Waals surface area contributed by atoms with Crippen LogP contribution in [0.5, 0.6) is 0 Å². The highest BCUT2D eigenvalue weighted by molar-refractivity contribution is 5.38. The van der Waals surface area contributed by atoms with E-state index in [1.54, 1.807) is 0 Å². The molecule has 1 heterocycles. The van der Waals surface area contributed by atoms with Crippen LogP contribution < -0.4 is 16.9 Å². The standard InChI is InChI=1S/C7H8F3N3O/c8-7(9,10)6(12)3-1-13-2-4(11)5(3)14/h1-2,6H,11-12H2,(H,13,14)/t6-/m0/s1. The number of hydrogen-bond donors (Lipinski definition) is 3. The molecular weight excluding hydrogens is 199 g/mol. The number of rotatable bonds is 1. The van der Waals surface area contributed by atoms with Gasteiger partial charge in [-0.2, -0.15) is 13.2 Å². The van der Waals surface area contributed by atoms with Crippen LogP contribution in [0.25, 0.3) is 0 Å². The second-order valence-corrected chi connectivity index (χ2v) is 2.71. The lowest BCUT2D eigenvalue weighted by atomic mass is 10.1. The minimum absolute atomic E-state index is 0.290. The smallest absolute Gasteiger partial charge is 0.394 e. The number of H-pyrrole nitrogens is 1. The van der Waals surface area contributed by atoms with Crippen molar-refractivity contribution in [1.82, 2.24) is 4.98 Å². The Morgan fingerprint density at radius 2 is 1.93 bits per heavy atom. The fourth-order valence-corrected chi connectivity index (χ4v) is 0.926. The minimum Gasteiger partial charge on any atom is -0.394 e. The van der Waals surface area contributed by atoms with E-state index in [0.29, 0.717) is 0 Å². The van der Waals surface area contributed by atoms with Crippen LogP contribution in [0.4, 0.5) is 18.9 Å². The minimum atomic E-state index is -4.65. The predicted octanol–water partition coefficient (Wildman–Crippen LogP) is 0.519. The monoisotopic (exact) mass is 207 g/mol. The van der Waals surface area contributed by atoms with Crippen molar-refractivity contribution in [2.45, 2.75) is 12.2 Å². The molecule has 14 heavy (non-hydrogen) atoms. The molecule has 78 valence electrons. The van der Waals surface area contributed by atoms with Crippen LogP contribution in [0.2, 0.25) is 0 Å². The van der Waals surface area contributed by atoms with Gasteiger partial charge in [-0.05, 0) is 0 Å². The molecule has 0 spiro atoms. The second kappa shape index (κ2) is 3.33. The van der Waals surface area contributed by atoms with Crippen molar-refractivity contribution in [3.8, 4) is 0 Å². The molecule has 0 saturated heterocycles. The maximum absolute atomic E-state index is 12.1. The number of pyridine rings is 1. The van der Waals surface area contributed by atoms with Gasteiger partial charge in [0.05, 0.1) is 5.69 Å². The van der Waals surface area contributed by atoms with Gasteiger partial charge < -0.3 is 16.5 Å². The van der Waals surface area contributed by atoms with Crippen LogP contribution >= 0.6 is 0 Å². The molecule has 0 amide bonds. The molecule has 0 unspecified atom stereocenters. The zero-order chi connectivity index (χ0) is 10.9. The number of nitrogens with two attached hydrogens (primary N) is 2. The zero-order valence-electron chi connectivity index (χ0n) is 6.93. The molecule has 7 heteroatoms. The molecule has 1 aromatic heterocycles. The van der Waals surface area contributed by atoms with Crippen molar-refractivity contribution in [2.24, 2.45) is 5.73 Å². The topological polar surface area (TPSA) is 84.9 Å². The lowest BCUT2D eigenvalue weighted by Crippen LogP contribution is -2.33. The lowest BCUT2D eigenvalue weighted by molar-refractivity contribution is -0.149. The van der Waals surface area contributed by atoms with Crippen molar-refractivity contribution in [2.75, 3.05) is 5.73 Å². The van der Waals surface area contributed by atoms with Crippen LogP contribution in [-0.4, -0.2) is 11.2 Å². The first-order valence-electron chi connectivity index (χ1n) is 3.63. The molecule has 0 aromatic carbocycles. The van der Waals surface area contributed by atoms with Gasteiger partial charge in [0, 0.05) is 18.0 Å². The lowest BCUT2D eigenvalue weighted by Gasteiger charge is -2.14. The van der Waals surface area contributed by atoms with E-state index in [4.69, 9.17) is 11.5 Å². The van der Waals surface area contributed by atoms with Gasteiger partial charge in [-0.1, -0.05) is 0 Å². The third-order valence-electron chi connectivity index (χ3n) is 1.69. The maximum Gasteiger partial charge on any atom is 0.407 e. The Balaban J connectivity index is 3.21. The van der Waals surface area contributed by atoms with Gasteiger partial charge in [-0.15, -0.1) is 0 Å². The van der Waals surface area contributed by atoms with Crippen LogP contribution in [-0.2, 0) is 0 Å². The van der Waals surface area contributed by atoms with Gasteiger partial charge in [0.25, 0.3) is 0 Å². The van der Waals surface area contributed by atoms with Gasteiger partial charge in [-0.3, -0.25) is 4.79 Å². The first-order chi connectivity index (χ1) is 6.34. The molecule has 0 fully saturated rings. The summed E-state index contributed by atoms with van der Waals surface area (Å²) >= 11 is 0. The Labute approximate surface area is 76.7 Å². The summed E-state index contributed by atoms with van der Waals surface area (Å²) in [6.07, 6.45) is -2.65. The molecular formula is C7H8F3N3O. The molecule has 5 N–H and O–H groups in total. The van der Waals surface area contributed by atoms with E-state index in [9.17, 15) is 18.0 Å². The third kappa shape index (κ3) is 1.87. The molecule has 0 aliphatic rings. The molecule has 1 aromatic rings. The summed E-state index contributed by atoms with van der Waals surface area (Å²) in [5, 5.41) is 0.